The van der Waals surface area contributed by atoms with Crippen LogP contribution in [0, 0.1) is 6.92 Å². The van der Waals surface area contributed by atoms with Gasteiger partial charge in [0, 0.05) is 11.6 Å². The van der Waals surface area contributed by atoms with E-state index in [1.807, 2.05) is 6.92 Å². The Morgan fingerprint density at radius 2 is 1.95 bits per heavy atom. The van der Waals surface area contributed by atoms with Crippen LogP contribution in [0.15, 0.2) is 0 Å². The molecular formula is C15H22N2O2. The lowest BCUT2D eigenvalue weighted by Crippen LogP contribution is -2.43. The fourth-order valence-electron chi connectivity index (χ4n) is 3.56. The fraction of sp³-hybridized carbons (Fsp3) is 0.733. The summed E-state index contributed by atoms with van der Waals surface area (Å²) in [4.78, 5) is 19.5. The third-order valence-corrected chi connectivity index (χ3v) is 4.98. The van der Waals surface area contributed by atoms with Gasteiger partial charge in [-0.3, -0.25) is 4.79 Å². The second-order valence-electron chi connectivity index (χ2n) is 6.17. The maximum Gasteiger partial charge on any atom is 0.317 e. The first-order valence-corrected chi connectivity index (χ1v) is 7.44. The second-order valence-corrected chi connectivity index (χ2v) is 6.17. The Labute approximate surface area is 113 Å². The molecule has 0 saturated heterocycles. The molecule has 1 aromatic rings. The first-order chi connectivity index (χ1) is 9.13. The number of imidazole rings is 1. The molecule has 0 unspecified atom stereocenters. The van der Waals surface area contributed by atoms with Gasteiger partial charge in [0.1, 0.15) is 11.2 Å². The van der Waals surface area contributed by atoms with Crippen LogP contribution in [0.25, 0.3) is 0 Å². The smallest absolute Gasteiger partial charge is 0.317 e. The number of hydrogen-bond acceptors (Lipinski definition) is 2. The van der Waals surface area contributed by atoms with Crippen LogP contribution in [-0.4, -0.2) is 21.0 Å². The van der Waals surface area contributed by atoms with Gasteiger partial charge in [-0.05, 0) is 32.6 Å². The van der Waals surface area contributed by atoms with Crippen molar-refractivity contribution in [3.8, 4) is 0 Å². The molecule has 0 spiro atoms. The Kier molecular flexibility index (Phi) is 3.11. The number of aryl methyl sites for hydroxylation is 1. The van der Waals surface area contributed by atoms with Gasteiger partial charge in [-0.15, -0.1) is 0 Å². The molecular weight excluding hydrogens is 240 g/mol. The molecule has 0 atom stereocenters. The van der Waals surface area contributed by atoms with Crippen LogP contribution in [0.3, 0.4) is 0 Å². The zero-order valence-corrected chi connectivity index (χ0v) is 11.5. The van der Waals surface area contributed by atoms with Crippen LogP contribution >= 0.6 is 0 Å². The number of carbonyl (C=O) groups is 1. The molecule has 1 heterocycles. The molecule has 3 rings (SSSR count). The molecule has 0 bridgehead atoms. The lowest BCUT2D eigenvalue weighted by Gasteiger charge is -2.35. The van der Waals surface area contributed by atoms with E-state index in [1.165, 1.54) is 32.1 Å². The minimum absolute atomic E-state index is 0.532. The van der Waals surface area contributed by atoms with E-state index in [4.69, 9.17) is 4.98 Å². The molecule has 4 heteroatoms. The maximum absolute atomic E-state index is 11.5. The molecule has 4 nitrogen and oxygen atoms in total. The fourth-order valence-corrected chi connectivity index (χ4v) is 3.56. The van der Waals surface area contributed by atoms with E-state index < -0.39 is 11.4 Å². The third-order valence-electron chi connectivity index (χ3n) is 4.98. The summed E-state index contributed by atoms with van der Waals surface area (Å²) in [5, 5.41) is 9.49. The standard InChI is InChI=1S/C15H22N2O2/c1-10-12(11-6-3-2-4-7-11)17-13(16-10)15(14(18)19)8-5-9-15/h11H,2-9H2,1H3,(H,16,17)(H,18,19). The Bertz CT molecular complexity index is 482. The molecule has 0 aromatic carbocycles. The normalized spacial score (nSPS) is 23.0. The monoisotopic (exact) mass is 262 g/mol. The summed E-state index contributed by atoms with van der Waals surface area (Å²) < 4.78 is 0. The van der Waals surface area contributed by atoms with Gasteiger partial charge in [0.05, 0.1) is 5.69 Å². The molecule has 2 aliphatic rings. The van der Waals surface area contributed by atoms with Crippen molar-refractivity contribution in [2.45, 2.75) is 69.6 Å². The summed E-state index contributed by atoms with van der Waals surface area (Å²) in [7, 11) is 0. The van der Waals surface area contributed by atoms with E-state index in [1.54, 1.807) is 0 Å². The molecule has 2 N–H and O–H groups in total. The molecule has 2 saturated carbocycles. The predicted octanol–water partition coefficient (Wildman–Crippen LogP) is 3.27. The molecule has 2 fully saturated rings. The van der Waals surface area contributed by atoms with E-state index in [2.05, 4.69) is 4.98 Å². The van der Waals surface area contributed by atoms with Crippen molar-refractivity contribution in [3.05, 3.63) is 17.2 Å². The van der Waals surface area contributed by atoms with Crippen molar-refractivity contribution in [2.24, 2.45) is 0 Å². The number of hydrogen-bond donors (Lipinski definition) is 2. The molecule has 1 aromatic heterocycles. The van der Waals surface area contributed by atoms with Gasteiger partial charge in [-0.1, -0.05) is 25.7 Å². The van der Waals surface area contributed by atoms with Crippen LogP contribution in [-0.2, 0) is 10.2 Å². The van der Waals surface area contributed by atoms with Crippen molar-refractivity contribution in [1.29, 1.82) is 0 Å². The lowest BCUT2D eigenvalue weighted by atomic mass is 9.68. The zero-order valence-electron chi connectivity index (χ0n) is 11.5. The quantitative estimate of drug-likeness (QED) is 0.878. The summed E-state index contributed by atoms with van der Waals surface area (Å²) >= 11 is 0. The van der Waals surface area contributed by atoms with E-state index in [-0.39, 0.29) is 0 Å². The van der Waals surface area contributed by atoms with Crippen LogP contribution in [0.4, 0.5) is 0 Å². The number of nitrogens with one attached hydrogen (secondary N) is 1. The highest BCUT2D eigenvalue weighted by molar-refractivity contribution is 5.81. The van der Waals surface area contributed by atoms with Gasteiger partial charge >= 0.3 is 5.97 Å². The summed E-state index contributed by atoms with van der Waals surface area (Å²) in [6.07, 6.45) is 8.71. The highest BCUT2D eigenvalue weighted by Gasteiger charge is 2.48. The van der Waals surface area contributed by atoms with Crippen LogP contribution in [0.2, 0.25) is 0 Å². The van der Waals surface area contributed by atoms with Gasteiger partial charge < -0.3 is 10.1 Å². The number of H-pyrrole nitrogens is 1. The first kappa shape index (κ1) is 12.7. The number of aliphatic carboxylic acids is 1. The summed E-state index contributed by atoms with van der Waals surface area (Å²) in [5.74, 6) is 0.511. The number of aromatic nitrogens is 2. The van der Waals surface area contributed by atoms with Gasteiger partial charge in [0.25, 0.3) is 0 Å². The molecule has 19 heavy (non-hydrogen) atoms. The maximum atomic E-state index is 11.5. The van der Waals surface area contributed by atoms with Crippen LogP contribution < -0.4 is 0 Å². The number of nitrogens with zero attached hydrogens (tertiary/aromatic N) is 1. The Hall–Kier alpha value is -1.32. The Morgan fingerprint density at radius 1 is 1.26 bits per heavy atom. The summed E-state index contributed by atoms with van der Waals surface area (Å²) in [6.45, 7) is 2.04. The van der Waals surface area contributed by atoms with Crippen molar-refractivity contribution in [2.75, 3.05) is 0 Å². The second kappa shape index (κ2) is 4.66. The van der Waals surface area contributed by atoms with Crippen LogP contribution in [0.1, 0.15) is 74.5 Å². The largest absolute Gasteiger partial charge is 0.480 e. The zero-order chi connectivity index (χ0) is 13.5. The first-order valence-electron chi connectivity index (χ1n) is 7.44. The number of carboxylic acids is 1. The molecule has 0 radical (unpaired) electrons. The van der Waals surface area contributed by atoms with E-state index >= 15 is 0 Å². The Morgan fingerprint density at radius 3 is 2.47 bits per heavy atom. The highest BCUT2D eigenvalue weighted by atomic mass is 16.4. The van der Waals surface area contributed by atoms with Gasteiger partial charge in [0.15, 0.2) is 0 Å². The summed E-state index contributed by atoms with van der Waals surface area (Å²) in [6, 6.07) is 0. The van der Waals surface area contributed by atoms with Crippen molar-refractivity contribution < 1.29 is 9.90 Å². The van der Waals surface area contributed by atoms with Crippen molar-refractivity contribution in [3.63, 3.8) is 0 Å². The minimum atomic E-state index is -0.725. The van der Waals surface area contributed by atoms with Gasteiger partial charge in [-0.2, -0.15) is 0 Å². The van der Waals surface area contributed by atoms with E-state index in [9.17, 15) is 9.90 Å². The number of rotatable bonds is 3. The van der Waals surface area contributed by atoms with E-state index in [0.717, 1.165) is 30.7 Å². The average molecular weight is 262 g/mol. The molecule has 0 aliphatic heterocycles. The van der Waals surface area contributed by atoms with Crippen molar-refractivity contribution in [1.82, 2.24) is 9.97 Å². The SMILES string of the molecule is Cc1[nH]c(C2(C(=O)O)CCC2)nc1C1CCCCC1. The number of carboxylic acid groups (broad SMARTS) is 1. The summed E-state index contributed by atoms with van der Waals surface area (Å²) in [5.41, 5.74) is 1.48. The minimum Gasteiger partial charge on any atom is -0.480 e. The van der Waals surface area contributed by atoms with Gasteiger partial charge in [0.2, 0.25) is 0 Å². The molecule has 104 valence electrons. The third kappa shape index (κ3) is 1.97. The molecule has 0 amide bonds. The highest BCUT2D eigenvalue weighted by Crippen LogP contribution is 2.44. The van der Waals surface area contributed by atoms with E-state index in [0.29, 0.717) is 11.7 Å². The molecule has 2 aliphatic carbocycles. The van der Waals surface area contributed by atoms with Crippen LogP contribution in [0.5, 0.6) is 0 Å². The topological polar surface area (TPSA) is 66.0 Å². The lowest BCUT2D eigenvalue weighted by molar-refractivity contribution is -0.147. The van der Waals surface area contributed by atoms with Gasteiger partial charge in [-0.25, -0.2) is 4.98 Å². The predicted molar refractivity (Wildman–Crippen MR) is 72.3 cm³/mol. The number of aromatic amines is 1. The Balaban J connectivity index is 1.90. The average Bonchev–Trinajstić information content (AvgIpc) is 2.70. The van der Waals surface area contributed by atoms with Crippen molar-refractivity contribution >= 4 is 5.97 Å².